The molecule has 96 valence electrons. The molecule has 1 saturated carbocycles. The maximum Gasteiger partial charge on any atom is 0.159 e. The Kier molecular flexibility index (Phi) is 3.13. The van der Waals surface area contributed by atoms with Crippen molar-refractivity contribution in [3.63, 3.8) is 0 Å². The lowest BCUT2D eigenvalue weighted by Crippen LogP contribution is -2.32. The molecule has 0 spiro atoms. The second-order valence-corrected chi connectivity index (χ2v) is 5.31. The predicted octanol–water partition coefficient (Wildman–Crippen LogP) is 1.09. The molecule has 2 heterocycles. The lowest BCUT2D eigenvalue weighted by Gasteiger charge is -2.20. The van der Waals surface area contributed by atoms with Gasteiger partial charge < -0.3 is 15.8 Å². The summed E-state index contributed by atoms with van der Waals surface area (Å²) in [5.74, 6) is 1.38. The van der Waals surface area contributed by atoms with Crippen LogP contribution in [0.1, 0.15) is 24.8 Å². The van der Waals surface area contributed by atoms with Crippen molar-refractivity contribution in [2.45, 2.75) is 31.4 Å². The van der Waals surface area contributed by atoms with Crippen molar-refractivity contribution in [1.29, 1.82) is 0 Å². The van der Waals surface area contributed by atoms with E-state index in [1.54, 1.807) is 12.3 Å². The Balaban J connectivity index is 1.77. The number of nitrogens with one attached hydrogen (secondary N) is 1. The van der Waals surface area contributed by atoms with Gasteiger partial charge in [-0.2, -0.15) is 5.10 Å². The van der Waals surface area contributed by atoms with Gasteiger partial charge in [-0.1, -0.05) is 12.2 Å². The van der Waals surface area contributed by atoms with Gasteiger partial charge in [-0.05, 0) is 31.2 Å². The molecule has 0 aromatic carbocycles. The molecule has 1 aliphatic carbocycles. The van der Waals surface area contributed by atoms with Crippen molar-refractivity contribution < 1.29 is 4.74 Å². The van der Waals surface area contributed by atoms with E-state index in [-0.39, 0.29) is 0 Å². The molecule has 5 nitrogen and oxygen atoms in total. The summed E-state index contributed by atoms with van der Waals surface area (Å²) in [6.07, 6.45) is 5.43. The van der Waals surface area contributed by atoms with E-state index in [4.69, 9.17) is 22.7 Å². The van der Waals surface area contributed by atoms with Crippen LogP contribution in [0.15, 0.2) is 12.3 Å². The van der Waals surface area contributed by atoms with Crippen molar-refractivity contribution in [3.8, 4) is 0 Å². The summed E-state index contributed by atoms with van der Waals surface area (Å²) in [6, 6.07) is 2.09. The lowest BCUT2D eigenvalue weighted by molar-refractivity contribution is 0.0898. The van der Waals surface area contributed by atoms with E-state index in [0.29, 0.717) is 28.9 Å². The Bertz CT molecular complexity index is 463. The zero-order valence-corrected chi connectivity index (χ0v) is 10.8. The van der Waals surface area contributed by atoms with Crippen molar-refractivity contribution in [2.24, 2.45) is 11.7 Å². The second-order valence-electron chi connectivity index (χ2n) is 4.87. The van der Waals surface area contributed by atoms with Crippen LogP contribution in [0.5, 0.6) is 0 Å². The Morgan fingerprint density at radius 2 is 2.28 bits per heavy atom. The van der Waals surface area contributed by atoms with Crippen molar-refractivity contribution in [1.82, 2.24) is 10.2 Å². The Morgan fingerprint density at radius 3 is 3.00 bits per heavy atom. The average molecular weight is 264 g/mol. The summed E-state index contributed by atoms with van der Waals surface area (Å²) in [7, 11) is 0. The number of rotatable bonds is 4. The Labute approximate surface area is 111 Å². The minimum atomic E-state index is 0.294. The molecule has 1 saturated heterocycles. The van der Waals surface area contributed by atoms with Gasteiger partial charge in [0, 0.05) is 6.61 Å². The van der Waals surface area contributed by atoms with Crippen LogP contribution in [0.4, 0.5) is 5.82 Å². The topological polar surface area (TPSA) is 73.1 Å². The van der Waals surface area contributed by atoms with Crippen molar-refractivity contribution in [2.75, 3.05) is 11.9 Å². The summed E-state index contributed by atoms with van der Waals surface area (Å²) in [6.45, 7) is 0.807. The maximum atomic E-state index is 5.79. The minimum Gasteiger partial charge on any atom is -0.389 e. The molecule has 0 bridgehead atoms. The summed E-state index contributed by atoms with van der Waals surface area (Å²) in [4.78, 5) is 0.342. The SMILES string of the molecule is NC(=S)c1ccnnc1NC1CCOC1C1CC1. The van der Waals surface area contributed by atoms with Gasteiger partial charge in [-0.15, -0.1) is 5.10 Å². The van der Waals surface area contributed by atoms with E-state index < -0.39 is 0 Å². The summed E-state index contributed by atoms with van der Waals surface area (Å²) in [5.41, 5.74) is 6.44. The van der Waals surface area contributed by atoms with Gasteiger partial charge in [0.2, 0.25) is 0 Å². The number of ether oxygens (including phenoxy) is 1. The average Bonchev–Trinajstić information content (AvgIpc) is 3.11. The van der Waals surface area contributed by atoms with E-state index in [2.05, 4.69) is 15.5 Å². The predicted molar refractivity (Wildman–Crippen MR) is 72.4 cm³/mol. The first kappa shape index (κ1) is 11.8. The molecule has 3 N–H and O–H groups in total. The summed E-state index contributed by atoms with van der Waals surface area (Å²) < 4.78 is 5.79. The van der Waals surface area contributed by atoms with Crippen LogP contribution in [0.3, 0.4) is 0 Å². The quantitative estimate of drug-likeness (QED) is 0.793. The highest BCUT2D eigenvalue weighted by Gasteiger charge is 2.40. The van der Waals surface area contributed by atoms with E-state index in [0.717, 1.165) is 18.6 Å². The second kappa shape index (κ2) is 4.78. The molecule has 6 heteroatoms. The highest BCUT2D eigenvalue weighted by atomic mass is 32.1. The van der Waals surface area contributed by atoms with Crippen LogP contribution in [-0.4, -0.2) is 33.9 Å². The van der Waals surface area contributed by atoms with Crippen LogP contribution in [0, 0.1) is 5.92 Å². The van der Waals surface area contributed by atoms with Gasteiger partial charge in [0.1, 0.15) is 4.99 Å². The van der Waals surface area contributed by atoms with Gasteiger partial charge in [0.05, 0.1) is 23.9 Å². The third kappa shape index (κ3) is 2.30. The molecule has 3 rings (SSSR count). The highest BCUT2D eigenvalue weighted by Crippen LogP contribution is 2.39. The zero-order valence-electron chi connectivity index (χ0n) is 10.0. The largest absolute Gasteiger partial charge is 0.389 e. The lowest BCUT2D eigenvalue weighted by atomic mass is 10.1. The normalized spacial score (nSPS) is 27.1. The monoisotopic (exact) mass is 264 g/mol. The first-order valence-corrected chi connectivity index (χ1v) is 6.66. The molecule has 1 aliphatic heterocycles. The fourth-order valence-corrected chi connectivity index (χ4v) is 2.63. The van der Waals surface area contributed by atoms with E-state index in [1.807, 2.05) is 0 Å². The van der Waals surface area contributed by atoms with Crippen LogP contribution >= 0.6 is 12.2 Å². The Morgan fingerprint density at radius 1 is 1.44 bits per heavy atom. The number of aromatic nitrogens is 2. The fraction of sp³-hybridized carbons (Fsp3) is 0.583. The first-order chi connectivity index (χ1) is 8.75. The van der Waals surface area contributed by atoms with Crippen LogP contribution < -0.4 is 11.1 Å². The van der Waals surface area contributed by atoms with Gasteiger partial charge in [-0.3, -0.25) is 0 Å². The van der Waals surface area contributed by atoms with E-state index >= 15 is 0 Å². The minimum absolute atomic E-state index is 0.294. The van der Waals surface area contributed by atoms with Crippen LogP contribution in [0.25, 0.3) is 0 Å². The number of anilines is 1. The summed E-state index contributed by atoms with van der Waals surface area (Å²) in [5, 5.41) is 11.4. The number of hydrogen-bond donors (Lipinski definition) is 2. The van der Waals surface area contributed by atoms with E-state index in [9.17, 15) is 0 Å². The van der Waals surface area contributed by atoms with Crippen LogP contribution in [-0.2, 0) is 4.74 Å². The molecule has 18 heavy (non-hydrogen) atoms. The smallest absolute Gasteiger partial charge is 0.159 e. The number of nitrogens with zero attached hydrogens (tertiary/aromatic N) is 2. The third-order valence-corrected chi connectivity index (χ3v) is 3.75. The third-order valence-electron chi connectivity index (χ3n) is 3.53. The van der Waals surface area contributed by atoms with Gasteiger partial charge in [-0.25, -0.2) is 0 Å². The molecule has 2 atom stereocenters. The van der Waals surface area contributed by atoms with Gasteiger partial charge >= 0.3 is 0 Å². The molecule has 1 aromatic heterocycles. The van der Waals surface area contributed by atoms with E-state index in [1.165, 1.54) is 12.8 Å². The number of hydrogen-bond acceptors (Lipinski definition) is 5. The molecular weight excluding hydrogens is 248 g/mol. The number of thiocarbonyl (C=S) groups is 1. The maximum absolute atomic E-state index is 5.79. The zero-order chi connectivity index (χ0) is 12.5. The summed E-state index contributed by atoms with van der Waals surface area (Å²) >= 11 is 5.02. The fourth-order valence-electron chi connectivity index (χ4n) is 2.47. The van der Waals surface area contributed by atoms with Crippen LogP contribution in [0.2, 0.25) is 0 Å². The highest BCUT2D eigenvalue weighted by molar-refractivity contribution is 7.80. The molecule has 0 radical (unpaired) electrons. The van der Waals surface area contributed by atoms with Crippen molar-refractivity contribution >= 4 is 23.0 Å². The van der Waals surface area contributed by atoms with Gasteiger partial charge in [0.15, 0.2) is 5.82 Å². The first-order valence-electron chi connectivity index (χ1n) is 6.25. The Hall–Kier alpha value is -1.27. The molecule has 1 aromatic rings. The molecule has 2 unspecified atom stereocenters. The molecule has 2 aliphatic rings. The molecule has 0 amide bonds. The van der Waals surface area contributed by atoms with Gasteiger partial charge in [0.25, 0.3) is 0 Å². The number of nitrogens with two attached hydrogens (primary N) is 1. The van der Waals surface area contributed by atoms with Crippen molar-refractivity contribution in [3.05, 3.63) is 17.8 Å². The molecule has 2 fully saturated rings. The standard InChI is InChI=1S/C12H16N4OS/c13-11(18)8-3-5-14-16-12(8)15-9-4-6-17-10(9)7-1-2-7/h3,5,7,9-10H,1-2,4,6H2,(H2,13,18)(H,15,16). The molecular formula is C12H16N4OS.